The minimum absolute atomic E-state index is 0.247. The number of rotatable bonds is 3. The number of nitrogens with one attached hydrogen (secondary N) is 1. The van der Waals surface area contributed by atoms with Crippen molar-refractivity contribution < 1.29 is 0 Å². The molecule has 18 heavy (non-hydrogen) atoms. The molecular weight excluding hydrogens is 246 g/mol. The summed E-state index contributed by atoms with van der Waals surface area (Å²) in [5.74, 6) is 0. The van der Waals surface area contributed by atoms with E-state index in [1.54, 1.807) is 0 Å². The molecule has 0 saturated heterocycles. The van der Waals surface area contributed by atoms with E-state index in [1.807, 2.05) is 26.4 Å². The Kier molecular flexibility index (Phi) is 3.73. The van der Waals surface area contributed by atoms with E-state index in [9.17, 15) is 0 Å². The Morgan fingerprint density at radius 1 is 1.33 bits per heavy atom. The zero-order valence-corrected chi connectivity index (χ0v) is 11.9. The zero-order valence-electron chi connectivity index (χ0n) is 11.2. The van der Waals surface area contributed by atoms with Crippen LogP contribution in [0.4, 0.5) is 0 Å². The van der Waals surface area contributed by atoms with Gasteiger partial charge in [-0.05, 0) is 45.5 Å². The van der Waals surface area contributed by atoms with Crippen LogP contribution in [-0.2, 0) is 0 Å². The lowest BCUT2D eigenvalue weighted by Crippen LogP contribution is -2.12. The van der Waals surface area contributed by atoms with Gasteiger partial charge in [-0.1, -0.05) is 17.7 Å². The van der Waals surface area contributed by atoms with Crippen LogP contribution in [-0.4, -0.2) is 16.6 Å². The standard InChI is InChI=1S/C14H18ClN3/c1-9-11(3)18(8-17-9)12-5-6-13(10(2)16-4)14(15)7-12/h5-8,10,16H,1-4H3. The monoisotopic (exact) mass is 263 g/mol. The zero-order chi connectivity index (χ0) is 13.3. The molecule has 1 N–H and O–H groups in total. The van der Waals surface area contributed by atoms with Crippen molar-refractivity contribution in [2.45, 2.75) is 26.8 Å². The Hall–Kier alpha value is -1.32. The molecule has 4 heteroatoms. The van der Waals surface area contributed by atoms with Crippen molar-refractivity contribution in [3.8, 4) is 5.69 Å². The number of aromatic nitrogens is 2. The van der Waals surface area contributed by atoms with E-state index in [1.165, 1.54) is 0 Å². The summed E-state index contributed by atoms with van der Waals surface area (Å²) in [7, 11) is 1.93. The number of halogens is 1. The van der Waals surface area contributed by atoms with Crippen molar-refractivity contribution >= 4 is 11.6 Å². The largest absolute Gasteiger partial charge is 0.313 e. The van der Waals surface area contributed by atoms with Crippen molar-refractivity contribution in [1.82, 2.24) is 14.9 Å². The Morgan fingerprint density at radius 3 is 2.56 bits per heavy atom. The van der Waals surface area contributed by atoms with Gasteiger partial charge < -0.3 is 9.88 Å². The van der Waals surface area contributed by atoms with E-state index in [4.69, 9.17) is 11.6 Å². The fraction of sp³-hybridized carbons (Fsp3) is 0.357. The van der Waals surface area contributed by atoms with E-state index < -0.39 is 0 Å². The van der Waals surface area contributed by atoms with Crippen molar-refractivity contribution in [2.75, 3.05) is 7.05 Å². The first-order valence-electron chi connectivity index (χ1n) is 6.02. The molecular formula is C14H18ClN3. The third kappa shape index (κ3) is 2.28. The van der Waals surface area contributed by atoms with Crippen LogP contribution in [0, 0.1) is 13.8 Å². The normalized spacial score (nSPS) is 12.7. The highest BCUT2D eigenvalue weighted by Crippen LogP contribution is 2.26. The molecule has 0 aliphatic heterocycles. The molecule has 1 unspecified atom stereocenters. The molecule has 1 heterocycles. The van der Waals surface area contributed by atoms with Gasteiger partial charge >= 0.3 is 0 Å². The van der Waals surface area contributed by atoms with E-state index in [0.29, 0.717) is 0 Å². The molecule has 0 amide bonds. The first-order valence-corrected chi connectivity index (χ1v) is 6.40. The van der Waals surface area contributed by atoms with E-state index in [0.717, 1.165) is 27.7 Å². The average Bonchev–Trinajstić information content (AvgIpc) is 2.69. The van der Waals surface area contributed by atoms with Crippen molar-refractivity contribution in [3.63, 3.8) is 0 Å². The minimum Gasteiger partial charge on any atom is -0.313 e. The van der Waals surface area contributed by atoms with Crippen LogP contribution in [0.3, 0.4) is 0 Å². The van der Waals surface area contributed by atoms with Gasteiger partial charge in [-0.15, -0.1) is 0 Å². The number of nitrogens with zero attached hydrogens (tertiary/aromatic N) is 2. The topological polar surface area (TPSA) is 29.9 Å². The summed E-state index contributed by atoms with van der Waals surface area (Å²) < 4.78 is 2.05. The first kappa shape index (κ1) is 13.1. The van der Waals surface area contributed by atoms with Crippen LogP contribution in [0.2, 0.25) is 5.02 Å². The first-order chi connectivity index (χ1) is 8.54. The predicted octanol–water partition coefficient (Wildman–Crippen LogP) is 3.42. The Morgan fingerprint density at radius 2 is 2.06 bits per heavy atom. The van der Waals surface area contributed by atoms with Gasteiger partial charge in [-0.2, -0.15) is 0 Å². The molecule has 2 aromatic rings. The third-order valence-electron chi connectivity index (χ3n) is 3.41. The molecule has 0 fully saturated rings. The Balaban J connectivity index is 2.43. The maximum absolute atomic E-state index is 6.34. The predicted molar refractivity (Wildman–Crippen MR) is 75.5 cm³/mol. The highest BCUT2D eigenvalue weighted by Gasteiger charge is 2.10. The van der Waals surface area contributed by atoms with Gasteiger partial charge in [-0.3, -0.25) is 0 Å². The molecule has 1 atom stereocenters. The fourth-order valence-corrected chi connectivity index (χ4v) is 2.27. The molecule has 0 bridgehead atoms. The molecule has 1 aromatic heterocycles. The lowest BCUT2D eigenvalue weighted by molar-refractivity contribution is 0.652. The number of benzene rings is 1. The summed E-state index contributed by atoms with van der Waals surface area (Å²) in [5.41, 5.74) is 4.34. The molecule has 3 nitrogen and oxygen atoms in total. The smallest absolute Gasteiger partial charge is 0.0997 e. The highest BCUT2D eigenvalue weighted by atomic mass is 35.5. The second-order valence-electron chi connectivity index (χ2n) is 4.50. The second kappa shape index (κ2) is 5.12. The van der Waals surface area contributed by atoms with Gasteiger partial charge in [0.15, 0.2) is 0 Å². The van der Waals surface area contributed by atoms with Gasteiger partial charge in [0.1, 0.15) is 0 Å². The third-order valence-corrected chi connectivity index (χ3v) is 3.74. The Labute approximate surface area is 113 Å². The fourth-order valence-electron chi connectivity index (χ4n) is 1.93. The molecule has 0 radical (unpaired) electrons. The SMILES string of the molecule is CNC(C)c1ccc(-n2cnc(C)c2C)cc1Cl. The molecule has 0 spiro atoms. The molecule has 0 aliphatic carbocycles. The van der Waals surface area contributed by atoms with Gasteiger partial charge in [-0.25, -0.2) is 4.98 Å². The summed E-state index contributed by atoms with van der Waals surface area (Å²) in [4.78, 5) is 4.30. The van der Waals surface area contributed by atoms with Gasteiger partial charge in [0.05, 0.1) is 12.0 Å². The van der Waals surface area contributed by atoms with Gasteiger partial charge in [0.25, 0.3) is 0 Å². The van der Waals surface area contributed by atoms with Crippen LogP contribution >= 0.6 is 11.6 Å². The van der Waals surface area contributed by atoms with E-state index in [2.05, 4.69) is 40.8 Å². The highest BCUT2D eigenvalue weighted by molar-refractivity contribution is 6.31. The van der Waals surface area contributed by atoms with Crippen molar-refractivity contribution in [3.05, 3.63) is 46.5 Å². The number of hydrogen-bond acceptors (Lipinski definition) is 2. The molecule has 2 rings (SSSR count). The summed E-state index contributed by atoms with van der Waals surface area (Å²) in [6.45, 7) is 6.15. The van der Waals surface area contributed by atoms with Crippen molar-refractivity contribution in [2.24, 2.45) is 0 Å². The van der Waals surface area contributed by atoms with Gasteiger partial charge in [0.2, 0.25) is 0 Å². The summed E-state index contributed by atoms with van der Waals surface area (Å²) >= 11 is 6.34. The maximum Gasteiger partial charge on any atom is 0.0997 e. The summed E-state index contributed by atoms with van der Waals surface area (Å²) in [6, 6.07) is 6.37. The number of aryl methyl sites for hydroxylation is 1. The maximum atomic E-state index is 6.34. The summed E-state index contributed by atoms with van der Waals surface area (Å²) in [5, 5.41) is 3.97. The molecule has 0 saturated carbocycles. The van der Waals surface area contributed by atoms with Crippen LogP contribution in [0.25, 0.3) is 5.69 Å². The number of imidazole rings is 1. The lowest BCUT2D eigenvalue weighted by atomic mass is 10.1. The minimum atomic E-state index is 0.247. The molecule has 96 valence electrons. The van der Waals surface area contributed by atoms with Crippen LogP contribution in [0.5, 0.6) is 0 Å². The van der Waals surface area contributed by atoms with Gasteiger partial charge in [0, 0.05) is 22.4 Å². The van der Waals surface area contributed by atoms with E-state index in [-0.39, 0.29) is 6.04 Å². The van der Waals surface area contributed by atoms with E-state index >= 15 is 0 Å². The number of hydrogen-bond donors (Lipinski definition) is 1. The second-order valence-corrected chi connectivity index (χ2v) is 4.91. The lowest BCUT2D eigenvalue weighted by Gasteiger charge is -2.14. The van der Waals surface area contributed by atoms with Crippen LogP contribution < -0.4 is 5.32 Å². The van der Waals surface area contributed by atoms with Crippen molar-refractivity contribution in [1.29, 1.82) is 0 Å². The average molecular weight is 264 g/mol. The Bertz CT molecular complexity index is 560. The molecule has 0 aliphatic rings. The molecule has 1 aromatic carbocycles. The summed E-state index contributed by atoms with van der Waals surface area (Å²) in [6.07, 6.45) is 1.83. The van der Waals surface area contributed by atoms with Crippen LogP contribution in [0.1, 0.15) is 29.9 Å². The quantitative estimate of drug-likeness (QED) is 0.920. The van der Waals surface area contributed by atoms with Crippen LogP contribution in [0.15, 0.2) is 24.5 Å².